The minimum absolute atomic E-state index is 0.102. The third-order valence-corrected chi connectivity index (χ3v) is 3.86. The monoisotopic (exact) mass is 301 g/mol. The summed E-state index contributed by atoms with van der Waals surface area (Å²) >= 11 is 0. The Morgan fingerprint density at radius 3 is 2.59 bits per heavy atom. The lowest BCUT2D eigenvalue weighted by Gasteiger charge is -2.33. The summed E-state index contributed by atoms with van der Waals surface area (Å²) in [4.78, 5) is 16.4. The number of carbonyl (C=O) groups is 1. The first-order chi connectivity index (χ1) is 10.8. The maximum absolute atomic E-state index is 12.4. The molecular weight excluding hydrogens is 282 g/mol. The first-order valence-electron chi connectivity index (χ1n) is 7.42. The summed E-state index contributed by atoms with van der Waals surface area (Å²) in [7, 11) is 0. The van der Waals surface area contributed by atoms with Gasteiger partial charge in [0.05, 0.1) is 6.61 Å². The average molecular weight is 301 g/mol. The van der Waals surface area contributed by atoms with Crippen LogP contribution in [0, 0.1) is 0 Å². The molecule has 1 saturated heterocycles. The summed E-state index contributed by atoms with van der Waals surface area (Å²) in [6, 6.07) is 11.3. The quantitative estimate of drug-likeness (QED) is 0.915. The Hall–Kier alpha value is -2.18. The predicted octanol–water partition coefficient (Wildman–Crippen LogP) is 1.09. The van der Waals surface area contributed by atoms with E-state index in [0.29, 0.717) is 31.1 Å². The summed E-state index contributed by atoms with van der Waals surface area (Å²) in [5, 5.41) is 12.8. The maximum Gasteiger partial charge on any atom is 0.276 e. The number of amides is 1. The van der Waals surface area contributed by atoms with Crippen molar-refractivity contribution in [3.63, 3.8) is 0 Å². The Kier molecular flexibility index (Phi) is 4.50. The second-order valence-corrected chi connectivity index (χ2v) is 5.30. The van der Waals surface area contributed by atoms with Crippen molar-refractivity contribution in [1.82, 2.24) is 15.0 Å². The first kappa shape index (κ1) is 14.7. The van der Waals surface area contributed by atoms with Crippen molar-refractivity contribution in [1.29, 1.82) is 0 Å². The van der Waals surface area contributed by atoms with Crippen molar-refractivity contribution in [2.75, 3.05) is 39.3 Å². The van der Waals surface area contributed by atoms with Crippen LogP contribution in [0.4, 0.5) is 0 Å². The maximum atomic E-state index is 12.4. The van der Waals surface area contributed by atoms with E-state index in [9.17, 15) is 4.79 Å². The van der Waals surface area contributed by atoms with Gasteiger partial charge in [0.2, 0.25) is 0 Å². The number of rotatable bonds is 4. The van der Waals surface area contributed by atoms with Gasteiger partial charge in [0, 0.05) is 44.4 Å². The van der Waals surface area contributed by atoms with Crippen LogP contribution in [0.1, 0.15) is 10.5 Å². The molecule has 0 bridgehead atoms. The lowest BCUT2D eigenvalue weighted by Crippen LogP contribution is -2.49. The van der Waals surface area contributed by atoms with Gasteiger partial charge in [0.1, 0.15) is 0 Å². The van der Waals surface area contributed by atoms with E-state index in [2.05, 4.69) is 10.1 Å². The van der Waals surface area contributed by atoms with Gasteiger partial charge in [0.25, 0.3) is 5.91 Å². The molecule has 0 unspecified atom stereocenters. The van der Waals surface area contributed by atoms with Gasteiger partial charge in [-0.05, 0) is 0 Å². The van der Waals surface area contributed by atoms with Crippen LogP contribution < -0.4 is 0 Å². The highest BCUT2D eigenvalue weighted by Gasteiger charge is 2.24. The topological polar surface area (TPSA) is 69.8 Å². The second-order valence-electron chi connectivity index (χ2n) is 5.30. The molecule has 1 aromatic heterocycles. The smallest absolute Gasteiger partial charge is 0.276 e. The van der Waals surface area contributed by atoms with E-state index in [0.717, 1.165) is 18.7 Å². The van der Waals surface area contributed by atoms with Gasteiger partial charge in [-0.1, -0.05) is 35.5 Å². The summed E-state index contributed by atoms with van der Waals surface area (Å²) in [6.07, 6.45) is 0. The van der Waals surface area contributed by atoms with Crippen LogP contribution in [0.5, 0.6) is 0 Å². The van der Waals surface area contributed by atoms with Crippen molar-refractivity contribution in [2.45, 2.75) is 0 Å². The lowest BCUT2D eigenvalue weighted by atomic mass is 10.1. The minimum atomic E-state index is -0.102. The van der Waals surface area contributed by atoms with Crippen molar-refractivity contribution in [2.24, 2.45) is 0 Å². The van der Waals surface area contributed by atoms with Gasteiger partial charge in [-0.25, -0.2) is 0 Å². The van der Waals surface area contributed by atoms with E-state index in [1.807, 2.05) is 30.3 Å². The van der Waals surface area contributed by atoms with E-state index in [-0.39, 0.29) is 12.5 Å². The van der Waals surface area contributed by atoms with E-state index >= 15 is 0 Å². The first-order valence-corrected chi connectivity index (χ1v) is 7.42. The molecule has 1 aromatic carbocycles. The van der Waals surface area contributed by atoms with Crippen LogP contribution in [0.3, 0.4) is 0 Å². The number of β-amino-alcohol motifs (C(OH)–C–C–N with tert-alkyl or cyclic N) is 1. The molecule has 22 heavy (non-hydrogen) atoms. The van der Waals surface area contributed by atoms with Crippen molar-refractivity contribution < 1.29 is 14.4 Å². The lowest BCUT2D eigenvalue weighted by molar-refractivity contribution is 0.0605. The Bertz CT molecular complexity index is 619. The zero-order valence-corrected chi connectivity index (χ0v) is 12.3. The fourth-order valence-electron chi connectivity index (χ4n) is 2.59. The fourth-order valence-corrected chi connectivity index (χ4v) is 2.59. The number of piperazine rings is 1. The van der Waals surface area contributed by atoms with Gasteiger partial charge in [-0.15, -0.1) is 0 Å². The molecule has 0 spiro atoms. The molecule has 0 atom stereocenters. The Labute approximate surface area is 128 Å². The standard InChI is InChI=1S/C16H19N3O3/c20-11-10-18-6-8-19(9-7-18)16(21)14-12-15(22-17-14)13-4-2-1-3-5-13/h1-5,12,20H,6-11H2. The van der Waals surface area contributed by atoms with Gasteiger partial charge in [-0.3, -0.25) is 9.69 Å². The van der Waals surface area contributed by atoms with Gasteiger partial charge < -0.3 is 14.5 Å². The van der Waals surface area contributed by atoms with Gasteiger partial charge >= 0.3 is 0 Å². The summed E-state index contributed by atoms with van der Waals surface area (Å²) in [6.45, 7) is 3.64. The zero-order chi connectivity index (χ0) is 15.4. The molecule has 1 aliphatic rings. The molecule has 6 heteroatoms. The van der Waals surface area contributed by atoms with Crippen LogP contribution in [-0.2, 0) is 0 Å². The predicted molar refractivity (Wildman–Crippen MR) is 81.4 cm³/mol. The molecule has 0 aliphatic carbocycles. The average Bonchev–Trinajstić information content (AvgIpc) is 3.06. The summed E-state index contributed by atoms with van der Waals surface area (Å²) in [5.74, 6) is 0.498. The fraction of sp³-hybridized carbons (Fsp3) is 0.375. The Balaban J connectivity index is 1.65. The molecule has 1 aliphatic heterocycles. The number of nitrogens with zero attached hydrogens (tertiary/aromatic N) is 3. The number of aliphatic hydroxyl groups is 1. The second kappa shape index (κ2) is 6.72. The number of aliphatic hydroxyl groups excluding tert-OH is 1. The Morgan fingerprint density at radius 2 is 1.91 bits per heavy atom. The summed E-state index contributed by atoms with van der Waals surface area (Å²) < 4.78 is 5.28. The highest BCUT2D eigenvalue weighted by Crippen LogP contribution is 2.20. The molecule has 116 valence electrons. The van der Waals surface area contributed by atoms with E-state index in [1.54, 1.807) is 11.0 Å². The molecule has 1 fully saturated rings. The number of hydrogen-bond donors (Lipinski definition) is 1. The van der Waals surface area contributed by atoms with Crippen LogP contribution in [0.15, 0.2) is 40.9 Å². The van der Waals surface area contributed by atoms with E-state index in [4.69, 9.17) is 9.63 Å². The Morgan fingerprint density at radius 1 is 1.18 bits per heavy atom. The van der Waals surface area contributed by atoms with Gasteiger partial charge in [0.15, 0.2) is 11.5 Å². The van der Waals surface area contributed by atoms with Crippen molar-refractivity contribution >= 4 is 5.91 Å². The molecule has 0 saturated carbocycles. The number of aromatic nitrogens is 1. The number of hydrogen-bond acceptors (Lipinski definition) is 5. The molecule has 6 nitrogen and oxygen atoms in total. The van der Waals surface area contributed by atoms with Crippen LogP contribution >= 0.6 is 0 Å². The number of carbonyl (C=O) groups excluding carboxylic acids is 1. The normalized spacial score (nSPS) is 16.0. The molecule has 0 radical (unpaired) electrons. The number of benzene rings is 1. The van der Waals surface area contributed by atoms with Gasteiger partial charge in [-0.2, -0.15) is 0 Å². The minimum Gasteiger partial charge on any atom is -0.395 e. The van der Waals surface area contributed by atoms with E-state index < -0.39 is 0 Å². The third kappa shape index (κ3) is 3.18. The highest BCUT2D eigenvalue weighted by atomic mass is 16.5. The molecule has 1 N–H and O–H groups in total. The largest absolute Gasteiger partial charge is 0.395 e. The molecule has 2 heterocycles. The van der Waals surface area contributed by atoms with Crippen LogP contribution in [0.25, 0.3) is 11.3 Å². The molecule has 3 rings (SSSR count). The van der Waals surface area contributed by atoms with Crippen molar-refractivity contribution in [3.8, 4) is 11.3 Å². The van der Waals surface area contributed by atoms with Crippen LogP contribution in [-0.4, -0.2) is 65.3 Å². The molecular formula is C16H19N3O3. The molecule has 2 aromatic rings. The third-order valence-electron chi connectivity index (χ3n) is 3.86. The van der Waals surface area contributed by atoms with Crippen LogP contribution in [0.2, 0.25) is 0 Å². The highest BCUT2D eigenvalue weighted by molar-refractivity contribution is 5.93. The van der Waals surface area contributed by atoms with E-state index in [1.165, 1.54) is 0 Å². The van der Waals surface area contributed by atoms with Crippen molar-refractivity contribution in [3.05, 3.63) is 42.1 Å². The zero-order valence-electron chi connectivity index (χ0n) is 12.3. The molecule has 1 amide bonds. The SMILES string of the molecule is O=C(c1cc(-c2ccccc2)on1)N1CCN(CCO)CC1. The summed E-state index contributed by atoms with van der Waals surface area (Å²) in [5.41, 5.74) is 1.25.